The Bertz CT molecular complexity index is 1410. The van der Waals surface area contributed by atoms with Crippen LogP contribution in [0.4, 0.5) is 10.1 Å². The predicted octanol–water partition coefficient (Wildman–Crippen LogP) is 5.17. The Hall–Kier alpha value is -3.43. The molecule has 0 heterocycles. The van der Waals surface area contributed by atoms with Gasteiger partial charge in [-0.2, -0.15) is 0 Å². The lowest BCUT2D eigenvalue weighted by Crippen LogP contribution is -2.51. The van der Waals surface area contributed by atoms with Crippen LogP contribution in [0.15, 0.2) is 77.7 Å². The van der Waals surface area contributed by atoms with Crippen molar-refractivity contribution in [2.75, 3.05) is 17.4 Å². The van der Waals surface area contributed by atoms with Crippen molar-refractivity contribution >= 4 is 39.1 Å². The summed E-state index contributed by atoms with van der Waals surface area (Å²) in [5.41, 5.74) is 1.22. The number of carbonyl (C=O) groups excluding carboxylic acids is 2. The molecule has 0 fully saturated rings. The minimum atomic E-state index is -4.34. The van der Waals surface area contributed by atoms with E-state index in [0.29, 0.717) is 17.1 Å². The normalized spacial score (nSPS) is 12.2. The van der Waals surface area contributed by atoms with Gasteiger partial charge in [-0.05, 0) is 61.7 Å². The van der Waals surface area contributed by atoms with Gasteiger partial charge in [-0.1, -0.05) is 67.4 Å². The van der Waals surface area contributed by atoms with Gasteiger partial charge in [-0.3, -0.25) is 13.9 Å². The Morgan fingerprint density at radius 2 is 1.64 bits per heavy atom. The first kappa shape index (κ1) is 30.1. The van der Waals surface area contributed by atoms with Gasteiger partial charge >= 0.3 is 0 Å². The van der Waals surface area contributed by atoms with Crippen molar-refractivity contribution in [2.24, 2.45) is 5.92 Å². The smallest absolute Gasteiger partial charge is 0.264 e. The van der Waals surface area contributed by atoms with E-state index in [1.54, 1.807) is 43.3 Å². The van der Waals surface area contributed by atoms with Gasteiger partial charge in [0.15, 0.2) is 0 Å². The van der Waals surface area contributed by atoms with Crippen LogP contribution in [0.1, 0.15) is 31.9 Å². The molecule has 0 aliphatic rings. The Balaban J connectivity index is 2.02. The number of nitrogens with one attached hydrogen (secondary N) is 1. The average molecular weight is 574 g/mol. The third kappa shape index (κ3) is 7.80. The zero-order valence-corrected chi connectivity index (χ0v) is 24.0. The number of aryl methyl sites for hydroxylation is 1. The summed E-state index contributed by atoms with van der Waals surface area (Å²) in [6.07, 6.45) is 0. The molecular formula is C29H33ClFN3O4S. The molecule has 10 heteroatoms. The minimum absolute atomic E-state index is 0.00858. The molecule has 0 saturated carbocycles. The van der Waals surface area contributed by atoms with Gasteiger partial charge in [0.25, 0.3) is 10.0 Å². The number of anilines is 1. The fourth-order valence-corrected chi connectivity index (χ4v) is 5.51. The van der Waals surface area contributed by atoms with Crippen molar-refractivity contribution in [1.29, 1.82) is 0 Å². The number of carbonyl (C=O) groups is 2. The highest BCUT2D eigenvalue weighted by Crippen LogP contribution is 2.27. The molecule has 3 aromatic rings. The molecule has 2 amide bonds. The summed E-state index contributed by atoms with van der Waals surface area (Å²) >= 11 is 6.14. The van der Waals surface area contributed by atoms with Crippen molar-refractivity contribution < 1.29 is 22.4 Å². The number of hydrogen-bond acceptors (Lipinski definition) is 4. The van der Waals surface area contributed by atoms with E-state index >= 15 is 0 Å². The first-order valence-electron chi connectivity index (χ1n) is 12.6. The summed E-state index contributed by atoms with van der Waals surface area (Å²) in [6, 6.07) is 17.3. The summed E-state index contributed by atoms with van der Waals surface area (Å²) in [4.78, 5) is 28.0. The lowest BCUT2D eigenvalue weighted by atomic mass is 10.1. The monoisotopic (exact) mass is 573 g/mol. The second-order valence-corrected chi connectivity index (χ2v) is 12.0. The highest BCUT2D eigenvalue weighted by Gasteiger charge is 2.33. The fraction of sp³-hybridized carbons (Fsp3) is 0.310. The van der Waals surface area contributed by atoms with Crippen LogP contribution in [0.3, 0.4) is 0 Å². The maximum absolute atomic E-state index is 14.9. The summed E-state index contributed by atoms with van der Waals surface area (Å²) in [5, 5.41) is 3.27. The van der Waals surface area contributed by atoms with Gasteiger partial charge in [0, 0.05) is 18.1 Å². The molecule has 3 rings (SSSR count). The molecule has 1 atom stereocenters. The van der Waals surface area contributed by atoms with Crippen LogP contribution in [-0.4, -0.2) is 44.3 Å². The molecule has 39 heavy (non-hydrogen) atoms. The molecule has 1 N–H and O–H groups in total. The molecule has 0 radical (unpaired) electrons. The second-order valence-electron chi connectivity index (χ2n) is 9.74. The van der Waals surface area contributed by atoms with Gasteiger partial charge in [-0.15, -0.1) is 0 Å². The van der Waals surface area contributed by atoms with Crippen molar-refractivity contribution in [2.45, 2.75) is 45.2 Å². The summed E-state index contributed by atoms with van der Waals surface area (Å²) in [6.45, 7) is 6.95. The molecule has 0 spiro atoms. The molecule has 0 unspecified atom stereocenters. The molecule has 0 bridgehead atoms. The van der Waals surface area contributed by atoms with Crippen LogP contribution in [-0.2, 0) is 26.2 Å². The van der Waals surface area contributed by atoms with Crippen LogP contribution < -0.4 is 9.62 Å². The average Bonchev–Trinajstić information content (AvgIpc) is 2.89. The molecule has 0 aliphatic heterocycles. The molecule has 3 aromatic carbocycles. The topological polar surface area (TPSA) is 86.8 Å². The number of benzene rings is 3. The molecular weight excluding hydrogens is 541 g/mol. The summed E-state index contributed by atoms with van der Waals surface area (Å²) < 4.78 is 43.2. The van der Waals surface area contributed by atoms with Crippen LogP contribution in [0, 0.1) is 18.7 Å². The van der Waals surface area contributed by atoms with Gasteiger partial charge in [-0.25, -0.2) is 12.8 Å². The van der Waals surface area contributed by atoms with E-state index in [4.69, 9.17) is 11.6 Å². The first-order valence-corrected chi connectivity index (χ1v) is 14.4. The molecule has 208 valence electrons. The Morgan fingerprint density at radius 3 is 2.26 bits per heavy atom. The number of halogens is 2. The first-order chi connectivity index (χ1) is 18.4. The molecule has 0 aliphatic carbocycles. The van der Waals surface area contributed by atoms with E-state index in [1.165, 1.54) is 35.2 Å². The van der Waals surface area contributed by atoms with Gasteiger partial charge in [0.2, 0.25) is 11.8 Å². The quantitative estimate of drug-likeness (QED) is 0.343. The highest BCUT2D eigenvalue weighted by molar-refractivity contribution is 7.92. The second kappa shape index (κ2) is 13.1. The number of rotatable bonds is 11. The minimum Gasteiger partial charge on any atom is -0.354 e. The number of amides is 2. The Morgan fingerprint density at radius 1 is 0.974 bits per heavy atom. The van der Waals surface area contributed by atoms with Crippen LogP contribution in [0.2, 0.25) is 5.02 Å². The maximum Gasteiger partial charge on any atom is 0.264 e. The zero-order chi connectivity index (χ0) is 28.7. The van der Waals surface area contributed by atoms with Gasteiger partial charge in [0.1, 0.15) is 18.4 Å². The molecule has 7 nitrogen and oxygen atoms in total. The van der Waals surface area contributed by atoms with Crippen LogP contribution in [0.5, 0.6) is 0 Å². The number of para-hydroxylation sites is 1. The Kier molecular flexibility index (Phi) is 10.1. The predicted molar refractivity (Wildman–Crippen MR) is 151 cm³/mol. The fourth-order valence-electron chi connectivity index (χ4n) is 3.87. The van der Waals surface area contributed by atoms with E-state index in [-0.39, 0.29) is 23.0 Å². The Labute approximate surface area is 234 Å². The lowest BCUT2D eigenvalue weighted by molar-refractivity contribution is -0.139. The van der Waals surface area contributed by atoms with E-state index in [9.17, 15) is 22.4 Å². The van der Waals surface area contributed by atoms with Crippen LogP contribution in [0.25, 0.3) is 0 Å². The number of hydrogen-bond donors (Lipinski definition) is 1. The molecule has 0 saturated heterocycles. The van der Waals surface area contributed by atoms with Gasteiger partial charge < -0.3 is 10.2 Å². The SMILES string of the molecule is Cc1ccc(S(=O)(=O)N(CC(=O)N(Cc2cccc(Cl)c2)[C@@H](C)C(=O)NCC(C)C)c2ccccc2F)cc1. The van der Waals surface area contributed by atoms with Crippen molar-refractivity contribution in [3.05, 3.63) is 94.8 Å². The standard InChI is InChI=1S/C29H33ClFN3O4S/c1-20(2)17-32-29(36)22(4)33(18-23-8-7-9-24(30)16-23)28(35)19-34(27-11-6-5-10-26(27)31)39(37,38)25-14-12-21(3)13-15-25/h5-16,20,22H,17-19H2,1-4H3,(H,32,36)/t22-/m0/s1. The highest BCUT2D eigenvalue weighted by atomic mass is 35.5. The van der Waals surface area contributed by atoms with Crippen LogP contribution >= 0.6 is 11.6 Å². The van der Waals surface area contributed by atoms with E-state index in [0.717, 1.165) is 15.9 Å². The van der Waals surface area contributed by atoms with Crippen molar-refractivity contribution in [3.63, 3.8) is 0 Å². The summed E-state index contributed by atoms with van der Waals surface area (Å²) in [5.74, 6) is -1.68. The van der Waals surface area contributed by atoms with E-state index in [1.807, 2.05) is 20.8 Å². The maximum atomic E-state index is 14.9. The lowest BCUT2D eigenvalue weighted by Gasteiger charge is -2.32. The van der Waals surface area contributed by atoms with E-state index in [2.05, 4.69) is 5.32 Å². The van der Waals surface area contributed by atoms with Crippen molar-refractivity contribution in [3.8, 4) is 0 Å². The largest absolute Gasteiger partial charge is 0.354 e. The molecule has 0 aromatic heterocycles. The number of sulfonamides is 1. The third-order valence-corrected chi connectivity index (χ3v) is 8.11. The van der Waals surface area contributed by atoms with Gasteiger partial charge in [0.05, 0.1) is 10.6 Å². The van der Waals surface area contributed by atoms with E-state index < -0.39 is 40.2 Å². The third-order valence-electron chi connectivity index (χ3n) is 6.10. The van der Waals surface area contributed by atoms with Crippen molar-refractivity contribution in [1.82, 2.24) is 10.2 Å². The zero-order valence-electron chi connectivity index (χ0n) is 22.4. The number of nitrogens with zero attached hydrogens (tertiary/aromatic N) is 2. The summed E-state index contributed by atoms with van der Waals surface area (Å²) in [7, 11) is -4.34.